The van der Waals surface area contributed by atoms with Crippen molar-refractivity contribution >= 4 is 11.6 Å². The first-order chi connectivity index (χ1) is 11.4. The number of nitrogens with zero attached hydrogens (tertiary/aromatic N) is 1. The number of anilines is 1. The molecule has 0 fully saturated rings. The highest BCUT2D eigenvalue weighted by Gasteiger charge is 2.30. The standard InChI is InChI=1S/C19H20F3NO/c1-2-3-13-23(18(24)14-15-7-5-4-6-8-15)17-11-9-16(10-12-17)19(20,21)22/h4-12H,2-3,13-14H2,1H3. The highest BCUT2D eigenvalue weighted by Crippen LogP contribution is 2.30. The molecular formula is C19H20F3NO. The van der Waals surface area contributed by atoms with Crippen molar-refractivity contribution in [2.75, 3.05) is 11.4 Å². The first-order valence-corrected chi connectivity index (χ1v) is 7.93. The monoisotopic (exact) mass is 335 g/mol. The van der Waals surface area contributed by atoms with Crippen molar-refractivity contribution < 1.29 is 18.0 Å². The molecule has 0 atom stereocenters. The number of hydrogen-bond acceptors (Lipinski definition) is 1. The molecule has 0 N–H and O–H groups in total. The van der Waals surface area contributed by atoms with Crippen LogP contribution in [0.25, 0.3) is 0 Å². The molecule has 0 aliphatic carbocycles. The van der Waals surface area contributed by atoms with E-state index < -0.39 is 11.7 Å². The van der Waals surface area contributed by atoms with E-state index in [1.54, 1.807) is 4.90 Å². The van der Waals surface area contributed by atoms with Crippen LogP contribution in [0.15, 0.2) is 54.6 Å². The fourth-order valence-corrected chi connectivity index (χ4v) is 2.41. The van der Waals surface area contributed by atoms with Gasteiger partial charge in [0.1, 0.15) is 0 Å². The molecule has 0 bridgehead atoms. The SMILES string of the molecule is CCCCN(C(=O)Cc1ccccc1)c1ccc(C(F)(F)F)cc1. The Balaban J connectivity index is 2.19. The predicted octanol–water partition coefficient (Wildman–Crippen LogP) is 5.08. The van der Waals surface area contributed by atoms with Crippen LogP contribution < -0.4 is 4.90 Å². The molecule has 2 aromatic carbocycles. The summed E-state index contributed by atoms with van der Waals surface area (Å²) in [5.41, 5.74) is 0.672. The Hall–Kier alpha value is -2.30. The molecule has 0 spiro atoms. The molecule has 0 radical (unpaired) electrons. The van der Waals surface area contributed by atoms with Gasteiger partial charge in [-0.2, -0.15) is 13.2 Å². The summed E-state index contributed by atoms with van der Waals surface area (Å²) < 4.78 is 38.1. The predicted molar refractivity (Wildman–Crippen MR) is 88.9 cm³/mol. The van der Waals surface area contributed by atoms with Crippen molar-refractivity contribution in [1.82, 2.24) is 0 Å². The van der Waals surface area contributed by atoms with Crippen LogP contribution in [0, 0.1) is 0 Å². The number of benzene rings is 2. The summed E-state index contributed by atoms with van der Waals surface area (Å²) in [5.74, 6) is -0.116. The topological polar surface area (TPSA) is 20.3 Å². The normalized spacial score (nSPS) is 11.3. The van der Waals surface area contributed by atoms with Crippen LogP contribution in [0.2, 0.25) is 0 Å². The van der Waals surface area contributed by atoms with Crippen molar-refractivity contribution in [3.05, 3.63) is 65.7 Å². The maximum atomic E-state index is 12.7. The number of carbonyl (C=O) groups is 1. The van der Waals surface area contributed by atoms with E-state index in [4.69, 9.17) is 0 Å². The van der Waals surface area contributed by atoms with Gasteiger partial charge in [0.05, 0.1) is 12.0 Å². The van der Waals surface area contributed by atoms with Gasteiger partial charge in [-0.05, 0) is 36.2 Å². The first-order valence-electron chi connectivity index (χ1n) is 7.93. The van der Waals surface area contributed by atoms with Crippen LogP contribution in [0.5, 0.6) is 0 Å². The molecule has 1 amide bonds. The minimum absolute atomic E-state index is 0.116. The number of rotatable bonds is 6. The maximum Gasteiger partial charge on any atom is 0.416 e. The van der Waals surface area contributed by atoms with Crippen LogP contribution in [0.1, 0.15) is 30.9 Å². The van der Waals surface area contributed by atoms with E-state index in [9.17, 15) is 18.0 Å². The van der Waals surface area contributed by atoms with Crippen molar-refractivity contribution in [2.24, 2.45) is 0 Å². The Labute approximate surface area is 139 Å². The summed E-state index contributed by atoms with van der Waals surface area (Å²) in [5, 5.41) is 0. The van der Waals surface area contributed by atoms with E-state index in [-0.39, 0.29) is 12.3 Å². The van der Waals surface area contributed by atoms with Gasteiger partial charge in [0.25, 0.3) is 0 Å². The Morgan fingerprint density at radius 2 is 1.62 bits per heavy atom. The molecule has 5 heteroatoms. The quantitative estimate of drug-likeness (QED) is 0.721. The molecule has 0 unspecified atom stereocenters. The van der Waals surface area contributed by atoms with Crippen LogP contribution in [0.3, 0.4) is 0 Å². The Kier molecular flexibility index (Phi) is 6.01. The third-order valence-electron chi connectivity index (χ3n) is 3.74. The van der Waals surface area contributed by atoms with Gasteiger partial charge in [0, 0.05) is 12.2 Å². The highest BCUT2D eigenvalue weighted by atomic mass is 19.4. The first kappa shape index (κ1) is 18.0. The zero-order valence-electron chi connectivity index (χ0n) is 13.5. The van der Waals surface area contributed by atoms with E-state index in [1.807, 2.05) is 37.3 Å². The third-order valence-corrected chi connectivity index (χ3v) is 3.74. The molecule has 0 heterocycles. The number of hydrogen-bond donors (Lipinski definition) is 0. The molecule has 24 heavy (non-hydrogen) atoms. The molecule has 0 aliphatic rings. The minimum Gasteiger partial charge on any atom is -0.312 e. The van der Waals surface area contributed by atoms with Gasteiger partial charge in [-0.25, -0.2) is 0 Å². The van der Waals surface area contributed by atoms with E-state index in [0.717, 1.165) is 30.5 Å². The average molecular weight is 335 g/mol. The van der Waals surface area contributed by atoms with E-state index in [2.05, 4.69) is 0 Å². The zero-order valence-corrected chi connectivity index (χ0v) is 13.5. The van der Waals surface area contributed by atoms with Gasteiger partial charge in [-0.1, -0.05) is 43.7 Å². The van der Waals surface area contributed by atoms with Crippen molar-refractivity contribution in [1.29, 1.82) is 0 Å². The van der Waals surface area contributed by atoms with Crippen LogP contribution in [-0.4, -0.2) is 12.5 Å². The van der Waals surface area contributed by atoms with E-state index >= 15 is 0 Å². The second kappa shape index (κ2) is 7.99. The molecule has 2 aromatic rings. The lowest BCUT2D eigenvalue weighted by Gasteiger charge is -2.23. The van der Waals surface area contributed by atoms with Gasteiger partial charge in [-0.3, -0.25) is 4.79 Å². The number of unbranched alkanes of at least 4 members (excludes halogenated alkanes) is 1. The maximum absolute atomic E-state index is 12.7. The molecule has 0 aliphatic heterocycles. The fourth-order valence-electron chi connectivity index (χ4n) is 2.41. The summed E-state index contributed by atoms with van der Waals surface area (Å²) in [6.45, 7) is 2.50. The van der Waals surface area contributed by atoms with Crippen LogP contribution >= 0.6 is 0 Å². The van der Waals surface area contributed by atoms with Crippen molar-refractivity contribution in [2.45, 2.75) is 32.4 Å². The van der Waals surface area contributed by atoms with Gasteiger partial charge in [-0.15, -0.1) is 0 Å². The van der Waals surface area contributed by atoms with Crippen molar-refractivity contribution in [3.63, 3.8) is 0 Å². The lowest BCUT2D eigenvalue weighted by Crippen LogP contribution is -2.33. The lowest BCUT2D eigenvalue weighted by atomic mass is 10.1. The minimum atomic E-state index is -4.37. The highest BCUT2D eigenvalue weighted by molar-refractivity contribution is 5.94. The number of amides is 1. The van der Waals surface area contributed by atoms with Crippen molar-refractivity contribution in [3.8, 4) is 0 Å². The summed E-state index contributed by atoms with van der Waals surface area (Å²) in [6, 6.07) is 14.1. The van der Waals surface area contributed by atoms with E-state index in [1.165, 1.54) is 12.1 Å². The van der Waals surface area contributed by atoms with Gasteiger partial charge in [0.2, 0.25) is 5.91 Å². The summed E-state index contributed by atoms with van der Waals surface area (Å²) in [7, 11) is 0. The Morgan fingerprint density at radius 3 is 2.17 bits per heavy atom. The van der Waals surface area contributed by atoms with Gasteiger partial charge < -0.3 is 4.90 Å². The summed E-state index contributed by atoms with van der Waals surface area (Å²) in [6.07, 6.45) is -2.45. The molecule has 0 saturated carbocycles. The number of alkyl halides is 3. The van der Waals surface area contributed by atoms with Crippen LogP contribution in [-0.2, 0) is 17.4 Å². The molecule has 0 saturated heterocycles. The number of halogens is 3. The Morgan fingerprint density at radius 1 is 1.00 bits per heavy atom. The molecule has 2 nitrogen and oxygen atoms in total. The zero-order chi connectivity index (χ0) is 17.6. The summed E-state index contributed by atoms with van der Waals surface area (Å²) >= 11 is 0. The van der Waals surface area contributed by atoms with Gasteiger partial charge >= 0.3 is 6.18 Å². The molecular weight excluding hydrogens is 315 g/mol. The Bertz CT molecular complexity index is 651. The molecule has 2 rings (SSSR count). The van der Waals surface area contributed by atoms with Gasteiger partial charge in [0.15, 0.2) is 0 Å². The smallest absolute Gasteiger partial charge is 0.312 e. The summed E-state index contributed by atoms with van der Waals surface area (Å²) in [4.78, 5) is 14.2. The second-order valence-electron chi connectivity index (χ2n) is 5.61. The third kappa shape index (κ3) is 4.85. The second-order valence-corrected chi connectivity index (χ2v) is 5.61. The van der Waals surface area contributed by atoms with Crippen LogP contribution in [0.4, 0.5) is 18.9 Å². The largest absolute Gasteiger partial charge is 0.416 e. The average Bonchev–Trinajstić information content (AvgIpc) is 2.56. The lowest BCUT2D eigenvalue weighted by molar-refractivity contribution is -0.137. The van der Waals surface area contributed by atoms with E-state index in [0.29, 0.717) is 12.2 Å². The fraction of sp³-hybridized carbons (Fsp3) is 0.316. The molecule has 128 valence electrons. The number of carbonyl (C=O) groups excluding carboxylic acids is 1. The molecule has 0 aromatic heterocycles.